The highest BCUT2D eigenvalue weighted by Gasteiger charge is 2.09. The molecule has 0 unspecified atom stereocenters. The van der Waals surface area contributed by atoms with Crippen molar-refractivity contribution in [3.63, 3.8) is 0 Å². The van der Waals surface area contributed by atoms with Crippen LogP contribution >= 0.6 is 0 Å². The summed E-state index contributed by atoms with van der Waals surface area (Å²) in [5, 5.41) is 8.46. The summed E-state index contributed by atoms with van der Waals surface area (Å²) in [4.78, 5) is 30.4. The standard InChI is InChI=1S/C12H11N3O3/c1-15(11(16)4-5-12(17)18)8-2-3-9-10(6-8)14-7-13-9/h2-7H,1H3,(H,13,14)(H,17,18)/b5-4+. The molecule has 0 aliphatic carbocycles. The monoisotopic (exact) mass is 245 g/mol. The molecule has 0 fully saturated rings. The van der Waals surface area contributed by atoms with E-state index in [9.17, 15) is 9.59 Å². The van der Waals surface area contributed by atoms with Gasteiger partial charge in [-0.15, -0.1) is 0 Å². The molecule has 1 aromatic carbocycles. The van der Waals surface area contributed by atoms with Gasteiger partial charge in [-0.2, -0.15) is 0 Å². The molecule has 0 radical (unpaired) electrons. The van der Waals surface area contributed by atoms with Crippen LogP contribution in [0.15, 0.2) is 36.7 Å². The molecule has 2 N–H and O–H groups in total. The summed E-state index contributed by atoms with van der Waals surface area (Å²) in [5.74, 6) is -1.56. The van der Waals surface area contributed by atoms with E-state index >= 15 is 0 Å². The molecule has 6 nitrogen and oxygen atoms in total. The second-order valence-corrected chi connectivity index (χ2v) is 3.67. The van der Waals surface area contributed by atoms with Crippen molar-refractivity contribution >= 4 is 28.6 Å². The zero-order valence-corrected chi connectivity index (χ0v) is 9.62. The molecule has 1 amide bonds. The summed E-state index contributed by atoms with van der Waals surface area (Å²) in [5.41, 5.74) is 2.28. The highest BCUT2D eigenvalue weighted by atomic mass is 16.4. The predicted molar refractivity (Wildman–Crippen MR) is 66.3 cm³/mol. The molecular formula is C12H11N3O3. The van der Waals surface area contributed by atoms with Crippen LogP contribution in [0.4, 0.5) is 5.69 Å². The molecule has 0 bridgehead atoms. The number of benzene rings is 1. The molecule has 1 heterocycles. The van der Waals surface area contributed by atoms with Gasteiger partial charge < -0.3 is 15.0 Å². The minimum atomic E-state index is -1.15. The van der Waals surface area contributed by atoms with Crippen molar-refractivity contribution in [2.45, 2.75) is 0 Å². The van der Waals surface area contributed by atoms with Gasteiger partial charge in [0.05, 0.1) is 17.4 Å². The maximum Gasteiger partial charge on any atom is 0.328 e. The Labute approximate surface area is 103 Å². The number of H-pyrrole nitrogens is 1. The molecule has 0 spiro atoms. The Morgan fingerprint density at radius 3 is 2.89 bits per heavy atom. The number of carboxylic acids is 1. The number of carbonyl (C=O) groups is 2. The predicted octanol–water partition coefficient (Wildman–Crippen LogP) is 1.17. The van der Waals surface area contributed by atoms with Crippen molar-refractivity contribution in [3.05, 3.63) is 36.7 Å². The maximum atomic E-state index is 11.7. The number of nitrogens with zero attached hydrogens (tertiary/aromatic N) is 2. The number of amides is 1. The first-order valence-corrected chi connectivity index (χ1v) is 5.20. The quantitative estimate of drug-likeness (QED) is 0.794. The number of anilines is 1. The van der Waals surface area contributed by atoms with Crippen LogP contribution in [-0.4, -0.2) is 34.0 Å². The topological polar surface area (TPSA) is 86.3 Å². The van der Waals surface area contributed by atoms with Crippen molar-refractivity contribution in [1.82, 2.24) is 9.97 Å². The van der Waals surface area contributed by atoms with Crippen LogP contribution in [0.5, 0.6) is 0 Å². The lowest BCUT2D eigenvalue weighted by Gasteiger charge is -2.14. The van der Waals surface area contributed by atoms with Crippen molar-refractivity contribution in [3.8, 4) is 0 Å². The molecule has 18 heavy (non-hydrogen) atoms. The first-order valence-electron chi connectivity index (χ1n) is 5.20. The number of rotatable bonds is 3. The number of imidazole rings is 1. The molecule has 0 aliphatic rings. The largest absolute Gasteiger partial charge is 0.478 e. The summed E-state index contributed by atoms with van der Waals surface area (Å²) in [6.45, 7) is 0. The van der Waals surface area contributed by atoms with E-state index in [0.29, 0.717) is 5.69 Å². The highest BCUT2D eigenvalue weighted by Crippen LogP contribution is 2.18. The second-order valence-electron chi connectivity index (χ2n) is 3.67. The van der Waals surface area contributed by atoms with Gasteiger partial charge in [-0.1, -0.05) is 0 Å². The van der Waals surface area contributed by atoms with Crippen molar-refractivity contribution in [2.75, 3.05) is 11.9 Å². The summed E-state index contributed by atoms with van der Waals surface area (Å²) >= 11 is 0. The third-order valence-corrected chi connectivity index (χ3v) is 2.49. The normalized spacial score (nSPS) is 10.9. The Morgan fingerprint density at radius 1 is 1.39 bits per heavy atom. The zero-order chi connectivity index (χ0) is 13.1. The number of hydrogen-bond acceptors (Lipinski definition) is 3. The minimum absolute atomic E-state index is 0.406. The van der Waals surface area contributed by atoms with Crippen LogP contribution in [0, 0.1) is 0 Å². The molecule has 0 atom stereocenters. The van der Waals surface area contributed by atoms with E-state index in [-0.39, 0.29) is 0 Å². The van der Waals surface area contributed by atoms with Gasteiger partial charge in [0.25, 0.3) is 5.91 Å². The van der Waals surface area contributed by atoms with Gasteiger partial charge in [-0.3, -0.25) is 4.79 Å². The van der Waals surface area contributed by atoms with E-state index in [4.69, 9.17) is 5.11 Å². The molecule has 2 rings (SSSR count). The van der Waals surface area contributed by atoms with Crippen LogP contribution in [0.1, 0.15) is 0 Å². The fourth-order valence-corrected chi connectivity index (χ4v) is 1.51. The fourth-order valence-electron chi connectivity index (χ4n) is 1.51. The maximum absolute atomic E-state index is 11.7. The number of carbonyl (C=O) groups excluding carboxylic acids is 1. The Kier molecular flexibility index (Phi) is 3.09. The second kappa shape index (κ2) is 4.70. The van der Waals surface area contributed by atoms with E-state index in [0.717, 1.165) is 23.2 Å². The highest BCUT2D eigenvalue weighted by molar-refractivity contribution is 6.04. The van der Waals surface area contributed by atoms with Crippen LogP contribution < -0.4 is 4.90 Å². The van der Waals surface area contributed by atoms with Gasteiger partial charge in [-0.25, -0.2) is 9.78 Å². The number of nitrogens with one attached hydrogen (secondary N) is 1. The molecule has 1 aromatic heterocycles. The van der Waals surface area contributed by atoms with Gasteiger partial charge in [0.1, 0.15) is 0 Å². The first-order chi connectivity index (χ1) is 8.58. The third kappa shape index (κ3) is 2.37. The third-order valence-electron chi connectivity index (χ3n) is 2.49. The van der Waals surface area contributed by atoms with Crippen LogP contribution in [0.25, 0.3) is 11.0 Å². The molecule has 2 aromatic rings. The fraction of sp³-hybridized carbons (Fsp3) is 0.0833. The summed E-state index contributed by atoms with van der Waals surface area (Å²) in [7, 11) is 1.58. The summed E-state index contributed by atoms with van der Waals surface area (Å²) in [6.07, 6.45) is 3.40. The van der Waals surface area contributed by atoms with Crippen molar-refractivity contribution < 1.29 is 14.7 Å². The molecule has 92 valence electrons. The van der Waals surface area contributed by atoms with Gasteiger partial charge >= 0.3 is 5.97 Å². The van der Waals surface area contributed by atoms with E-state index in [1.54, 1.807) is 31.6 Å². The lowest BCUT2D eigenvalue weighted by atomic mass is 10.2. The summed E-state index contributed by atoms with van der Waals surface area (Å²) in [6, 6.07) is 5.30. The van der Waals surface area contributed by atoms with Crippen LogP contribution in [-0.2, 0) is 9.59 Å². The van der Waals surface area contributed by atoms with Gasteiger partial charge in [0.2, 0.25) is 0 Å². The van der Waals surface area contributed by atoms with E-state index < -0.39 is 11.9 Å². The lowest BCUT2D eigenvalue weighted by molar-refractivity contribution is -0.131. The number of aromatic nitrogens is 2. The number of carboxylic acid groups (broad SMARTS) is 1. The van der Waals surface area contributed by atoms with Crippen LogP contribution in [0.3, 0.4) is 0 Å². The molecule has 6 heteroatoms. The number of likely N-dealkylation sites (N-methyl/N-ethyl adjacent to an activating group) is 1. The molecule has 0 aliphatic heterocycles. The smallest absolute Gasteiger partial charge is 0.328 e. The van der Waals surface area contributed by atoms with E-state index in [1.165, 1.54) is 4.90 Å². The SMILES string of the molecule is CN(C(=O)/C=C/C(=O)O)c1ccc2nc[nH]c2c1. The van der Waals surface area contributed by atoms with Crippen LogP contribution in [0.2, 0.25) is 0 Å². The molecule has 0 saturated heterocycles. The number of aliphatic carboxylic acids is 1. The molecule has 0 saturated carbocycles. The average Bonchev–Trinajstić information content (AvgIpc) is 2.81. The number of aromatic amines is 1. The van der Waals surface area contributed by atoms with E-state index in [1.807, 2.05) is 0 Å². The average molecular weight is 245 g/mol. The molecular weight excluding hydrogens is 234 g/mol. The van der Waals surface area contributed by atoms with E-state index in [2.05, 4.69) is 9.97 Å². The minimum Gasteiger partial charge on any atom is -0.478 e. The number of fused-ring (bicyclic) bond motifs is 1. The van der Waals surface area contributed by atoms with Crippen molar-refractivity contribution in [1.29, 1.82) is 0 Å². The Balaban J connectivity index is 2.24. The first kappa shape index (κ1) is 11.8. The van der Waals surface area contributed by atoms with Gasteiger partial charge in [-0.05, 0) is 18.2 Å². The number of hydrogen-bond donors (Lipinski definition) is 2. The van der Waals surface area contributed by atoms with Gasteiger partial charge in [0, 0.05) is 24.9 Å². The Hall–Kier alpha value is -2.63. The zero-order valence-electron chi connectivity index (χ0n) is 9.62. The Morgan fingerprint density at radius 2 is 2.17 bits per heavy atom. The van der Waals surface area contributed by atoms with Gasteiger partial charge in [0.15, 0.2) is 0 Å². The van der Waals surface area contributed by atoms with Crippen molar-refractivity contribution in [2.24, 2.45) is 0 Å². The lowest BCUT2D eigenvalue weighted by Crippen LogP contribution is -2.24. The summed E-state index contributed by atoms with van der Waals surface area (Å²) < 4.78 is 0. The Bertz CT molecular complexity index is 630.